The first-order valence-electron chi connectivity index (χ1n) is 10.1. The Morgan fingerprint density at radius 2 is 1.52 bits per heavy atom. The largest absolute Gasteiger partial charge is 0.322 e. The summed E-state index contributed by atoms with van der Waals surface area (Å²) >= 11 is 0. The van der Waals surface area contributed by atoms with E-state index in [4.69, 9.17) is 0 Å². The van der Waals surface area contributed by atoms with Crippen molar-refractivity contribution in [2.45, 2.75) is 19.8 Å². The highest BCUT2D eigenvalue weighted by atomic mass is 16.2. The van der Waals surface area contributed by atoms with Crippen molar-refractivity contribution in [3.8, 4) is 0 Å². The number of carbonyl (C=O) groups excluding carboxylic acids is 2. The third-order valence-corrected chi connectivity index (χ3v) is 5.21. The normalized spacial score (nSPS) is 10.9. The number of anilines is 1. The second-order valence-corrected chi connectivity index (χ2v) is 7.70. The number of hydrogen-bond donors (Lipinski definition) is 2. The molecule has 0 aliphatic heterocycles. The highest BCUT2D eigenvalue weighted by molar-refractivity contribution is 6.17. The van der Waals surface area contributed by atoms with Crippen molar-refractivity contribution in [3.05, 3.63) is 111 Å². The molecule has 5 nitrogen and oxygen atoms in total. The third kappa shape index (κ3) is 4.16. The number of amides is 1. The molecule has 0 spiro atoms. The van der Waals surface area contributed by atoms with Crippen LogP contribution in [-0.4, -0.2) is 16.7 Å². The smallest absolute Gasteiger partial charge is 0.256 e. The van der Waals surface area contributed by atoms with Crippen LogP contribution in [0.5, 0.6) is 0 Å². The molecule has 31 heavy (non-hydrogen) atoms. The molecule has 1 amide bonds. The molecule has 2 N–H and O–H groups in total. The Morgan fingerprint density at radius 3 is 2.23 bits per heavy atom. The van der Waals surface area contributed by atoms with Crippen molar-refractivity contribution < 1.29 is 9.59 Å². The molecule has 0 unspecified atom stereocenters. The summed E-state index contributed by atoms with van der Waals surface area (Å²) in [5, 5.41) is 3.79. The number of carbonyl (C=O) groups is 2. The summed E-state index contributed by atoms with van der Waals surface area (Å²) in [5.41, 5.74) is 3.11. The number of pyridine rings is 1. The van der Waals surface area contributed by atoms with E-state index >= 15 is 0 Å². The van der Waals surface area contributed by atoms with E-state index in [9.17, 15) is 14.4 Å². The lowest BCUT2D eigenvalue weighted by Gasteiger charge is -2.12. The predicted molar refractivity (Wildman–Crippen MR) is 123 cm³/mol. The Balaban J connectivity index is 1.67. The Hall–Kier alpha value is -3.99. The molecule has 0 radical (unpaired) electrons. The molecule has 0 aliphatic rings. The topological polar surface area (TPSA) is 79.0 Å². The van der Waals surface area contributed by atoms with Gasteiger partial charge >= 0.3 is 0 Å². The van der Waals surface area contributed by atoms with Crippen LogP contribution in [0.25, 0.3) is 10.9 Å². The van der Waals surface area contributed by atoms with Gasteiger partial charge in [0.1, 0.15) is 0 Å². The van der Waals surface area contributed by atoms with Crippen LogP contribution < -0.4 is 10.9 Å². The standard InChI is InChI=1S/C26H22N2O3/c1-16(2)22-15-24(29)28-23-14-18(12-13-19(22)23)27-26(31)21-11-7-6-10-20(21)25(30)17-8-4-3-5-9-17/h3-16H,1-2H3,(H,27,31)(H,28,29). The summed E-state index contributed by atoms with van der Waals surface area (Å²) in [6, 6.07) is 22.6. The Morgan fingerprint density at radius 1 is 0.839 bits per heavy atom. The molecule has 1 heterocycles. The maximum absolute atomic E-state index is 13.0. The van der Waals surface area contributed by atoms with E-state index in [1.54, 1.807) is 66.7 Å². The van der Waals surface area contributed by atoms with E-state index < -0.39 is 0 Å². The van der Waals surface area contributed by atoms with Crippen LogP contribution in [0.15, 0.2) is 83.7 Å². The third-order valence-electron chi connectivity index (χ3n) is 5.21. The predicted octanol–water partition coefficient (Wildman–Crippen LogP) is 5.13. The van der Waals surface area contributed by atoms with Crippen molar-refractivity contribution >= 4 is 28.3 Å². The number of aromatic amines is 1. The lowest BCUT2D eigenvalue weighted by molar-refractivity contribution is 0.0996. The lowest BCUT2D eigenvalue weighted by atomic mass is 9.97. The van der Waals surface area contributed by atoms with E-state index in [1.165, 1.54) is 0 Å². The first-order chi connectivity index (χ1) is 14.9. The van der Waals surface area contributed by atoms with E-state index in [0.717, 1.165) is 10.9 Å². The van der Waals surface area contributed by atoms with Crippen LogP contribution in [-0.2, 0) is 0 Å². The zero-order chi connectivity index (χ0) is 22.0. The SMILES string of the molecule is CC(C)c1cc(=O)[nH]c2cc(NC(=O)c3ccccc3C(=O)c3ccccc3)ccc12. The number of aromatic nitrogens is 1. The zero-order valence-electron chi connectivity index (χ0n) is 17.3. The van der Waals surface area contributed by atoms with E-state index in [0.29, 0.717) is 27.9 Å². The summed E-state index contributed by atoms with van der Waals surface area (Å²) in [7, 11) is 0. The number of H-pyrrole nitrogens is 1. The van der Waals surface area contributed by atoms with Gasteiger partial charge in [-0.1, -0.05) is 68.4 Å². The van der Waals surface area contributed by atoms with Gasteiger partial charge in [-0.25, -0.2) is 0 Å². The minimum atomic E-state index is -0.387. The number of hydrogen-bond acceptors (Lipinski definition) is 3. The molecular formula is C26H22N2O3. The number of fused-ring (bicyclic) bond motifs is 1. The highest BCUT2D eigenvalue weighted by Crippen LogP contribution is 2.25. The summed E-state index contributed by atoms with van der Waals surface area (Å²) in [4.78, 5) is 40.8. The number of rotatable bonds is 5. The maximum Gasteiger partial charge on any atom is 0.256 e. The van der Waals surface area contributed by atoms with E-state index in [2.05, 4.69) is 10.3 Å². The van der Waals surface area contributed by atoms with Gasteiger partial charge in [-0.2, -0.15) is 0 Å². The van der Waals surface area contributed by atoms with Gasteiger partial charge in [-0.05, 0) is 29.7 Å². The van der Waals surface area contributed by atoms with Crippen LogP contribution in [0.4, 0.5) is 5.69 Å². The van der Waals surface area contributed by atoms with Gasteiger partial charge in [0.15, 0.2) is 5.78 Å². The molecule has 5 heteroatoms. The summed E-state index contributed by atoms with van der Waals surface area (Å²) in [6.45, 7) is 4.06. The fourth-order valence-corrected chi connectivity index (χ4v) is 3.67. The molecule has 0 bridgehead atoms. The highest BCUT2D eigenvalue weighted by Gasteiger charge is 2.18. The van der Waals surface area contributed by atoms with Crippen LogP contribution in [0.1, 0.15) is 51.6 Å². The number of ketones is 1. The van der Waals surface area contributed by atoms with Gasteiger partial charge in [-0.3, -0.25) is 14.4 Å². The van der Waals surface area contributed by atoms with Crippen LogP contribution >= 0.6 is 0 Å². The van der Waals surface area contributed by atoms with Crippen molar-refractivity contribution in [2.24, 2.45) is 0 Å². The quantitative estimate of drug-likeness (QED) is 0.448. The molecule has 4 aromatic rings. The molecule has 1 aromatic heterocycles. The molecule has 4 rings (SSSR count). The van der Waals surface area contributed by atoms with Gasteiger partial charge in [-0.15, -0.1) is 0 Å². The van der Waals surface area contributed by atoms with Gasteiger partial charge in [0.25, 0.3) is 5.91 Å². The first-order valence-corrected chi connectivity index (χ1v) is 10.1. The van der Waals surface area contributed by atoms with Gasteiger partial charge in [0, 0.05) is 28.3 Å². The summed E-state index contributed by atoms with van der Waals surface area (Å²) in [5.74, 6) is -0.404. The van der Waals surface area contributed by atoms with Crippen LogP contribution in [0.2, 0.25) is 0 Å². The molecule has 0 fully saturated rings. The number of benzene rings is 3. The fourth-order valence-electron chi connectivity index (χ4n) is 3.67. The summed E-state index contributed by atoms with van der Waals surface area (Å²) < 4.78 is 0. The van der Waals surface area contributed by atoms with Crippen molar-refractivity contribution in [1.82, 2.24) is 4.98 Å². The molecular weight excluding hydrogens is 388 g/mol. The maximum atomic E-state index is 13.0. The Kier molecular flexibility index (Phi) is 5.50. The lowest BCUT2D eigenvalue weighted by Crippen LogP contribution is -2.17. The van der Waals surface area contributed by atoms with Gasteiger partial charge in [0.05, 0.1) is 11.1 Å². The minimum absolute atomic E-state index is 0.182. The van der Waals surface area contributed by atoms with Gasteiger partial charge in [0.2, 0.25) is 5.56 Å². The van der Waals surface area contributed by atoms with Crippen molar-refractivity contribution in [1.29, 1.82) is 0 Å². The Labute approximate surface area is 179 Å². The number of nitrogens with one attached hydrogen (secondary N) is 2. The average Bonchev–Trinajstić information content (AvgIpc) is 2.78. The zero-order valence-corrected chi connectivity index (χ0v) is 17.3. The van der Waals surface area contributed by atoms with Crippen molar-refractivity contribution in [3.63, 3.8) is 0 Å². The van der Waals surface area contributed by atoms with Gasteiger partial charge < -0.3 is 10.3 Å². The van der Waals surface area contributed by atoms with Crippen LogP contribution in [0.3, 0.4) is 0 Å². The second-order valence-electron chi connectivity index (χ2n) is 7.70. The van der Waals surface area contributed by atoms with Crippen molar-refractivity contribution in [2.75, 3.05) is 5.32 Å². The average molecular weight is 410 g/mol. The molecule has 0 atom stereocenters. The minimum Gasteiger partial charge on any atom is -0.322 e. The fraction of sp³-hybridized carbons (Fsp3) is 0.115. The first kappa shape index (κ1) is 20.3. The van der Waals surface area contributed by atoms with Crippen LogP contribution in [0, 0.1) is 0 Å². The van der Waals surface area contributed by atoms with E-state index in [1.807, 2.05) is 26.0 Å². The molecule has 0 aliphatic carbocycles. The Bertz CT molecular complexity index is 1340. The molecule has 0 saturated carbocycles. The molecule has 154 valence electrons. The van der Waals surface area contributed by atoms with E-state index in [-0.39, 0.29) is 23.2 Å². The second kappa shape index (κ2) is 8.40. The molecule has 3 aromatic carbocycles. The monoisotopic (exact) mass is 410 g/mol. The molecule has 0 saturated heterocycles. The summed E-state index contributed by atoms with van der Waals surface area (Å²) in [6.07, 6.45) is 0.